The van der Waals surface area contributed by atoms with Crippen LogP contribution in [0.2, 0.25) is 0 Å². The van der Waals surface area contributed by atoms with Crippen molar-refractivity contribution in [3.05, 3.63) is 53.7 Å². The first-order chi connectivity index (χ1) is 8.13. The molecule has 1 N–H and O–H groups in total. The van der Waals surface area contributed by atoms with Gasteiger partial charge in [0.15, 0.2) is 0 Å². The van der Waals surface area contributed by atoms with Gasteiger partial charge >= 0.3 is 0 Å². The second-order valence-corrected chi connectivity index (χ2v) is 7.42. The minimum atomic E-state index is 0.276. The van der Waals surface area contributed by atoms with Crippen LogP contribution >= 0.6 is 49.9 Å². The molecule has 2 rings (SSSR count). The summed E-state index contributed by atoms with van der Waals surface area (Å²) >= 11 is 7.73. The maximum absolute atomic E-state index is 3.52. The maximum Gasteiger partial charge on any atom is 0.0702 e. The van der Waals surface area contributed by atoms with Crippen molar-refractivity contribution < 1.29 is 0 Å². The van der Waals surface area contributed by atoms with E-state index >= 15 is 0 Å². The summed E-state index contributed by atoms with van der Waals surface area (Å²) in [6.45, 7) is 2.16. The SMILES string of the molecule is CNC(c1ccc(Br)s1)c1cccc(C)c1I. The number of aryl methyl sites for hydroxylation is 1. The van der Waals surface area contributed by atoms with Crippen LogP contribution < -0.4 is 5.32 Å². The predicted octanol–water partition coefficient (Wildman–Crippen LogP) is 4.73. The zero-order valence-corrected chi connectivity index (χ0v) is 14.2. The van der Waals surface area contributed by atoms with Crippen LogP contribution in [0.1, 0.15) is 22.0 Å². The lowest BCUT2D eigenvalue weighted by Crippen LogP contribution is -2.17. The summed E-state index contributed by atoms with van der Waals surface area (Å²) < 4.78 is 2.52. The summed E-state index contributed by atoms with van der Waals surface area (Å²) in [6, 6.07) is 11.0. The smallest absolute Gasteiger partial charge is 0.0702 e. The fraction of sp³-hybridized carbons (Fsp3) is 0.231. The Morgan fingerprint density at radius 2 is 2.06 bits per heavy atom. The molecular weight excluding hydrogens is 409 g/mol. The van der Waals surface area contributed by atoms with E-state index in [9.17, 15) is 0 Å². The predicted molar refractivity (Wildman–Crippen MR) is 86.8 cm³/mol. The minimum absolute atomic E-state index is 0.276. The Morgan fingerprint density at radius 1 is 1.29 bits per heavy atom. The molecule has 0 radical (unpaired) electrons. The van der Waals surface area contributed by atoms with E-state index in [2.05, 4.69) is 81.1 Å². The molecule has 4 heteroatoms. The summed E-state index contributed by atoms with van der Waals surface area (Å²) in [5.74, 6) is 0. The van der Waals surface area contributed by atoms with Crippen molar-refractivity contribution in [2.24, 2.45) is 0 Å². The lowest BCUT2D eigenvalue weighted by molar-refractivity contribution is 0.700. The van der Waals surface area contributed by atoms with Crippen LogP contribution in [0.15, 0.2) is 34.1 Å². The van der Waals surface area contributed by atoms with Crippen molar-refractivity contribution in [3.63, 3.8) is 0 Å². The molecule has 0 aliphatic rings. The number of halogens is 2. The molecule has 1 aromatic carbocycles. The van der Waals surface area contributed by atoms with Gasteiger partial charge in [0.2, 0.25) is 0 Å². The Hall–Kier alpha value is 0.0900. The number of nitrogens with one attached hydrogen (secondary N) is 1. The lowest BCUT2D eigenvalue weighted by Gasteiger charge is -2.17. The molecule has 0 spiro atoms. The zero-order chi connectivity index (χ0) is 12.4. The van der Waals surface area contributed by atoms with Crippen LogP contribution in [0.3, 0.4) is 0 Å². The van der Waals surface area contributed by atoms with Crippen LogP contribution in [-0.2, 0) is 0 Å². The quantitative estimate of drug-likeness (QED) is 0.706. The van der Waals surface area contributed by atoms with E-state index in [0.717, 1.165) is 0 Å². The Balaban J connectivity index is 2.45. The normalized spacial score (nSPS) is 12.7. The second kappa shape index (κ2) is 5.82. The third-order valence-corrected chi connectivity index (χ3v) is 5.86. The van der Waals surface area contributed by atoms with E-state index in [1.54, 1.807) is 11.3 Å². The van der Waals surface area contributed by atoms with Crippen LogP contribution in [0.4, 0.5) is 0 Å². The molecule has 0 aliphatic heterocycles. The third-order valence-electron chi connectivity index (χ3n) is 2.70. The van der Waals surface area contributed by atoms with Gasteiger partial charge in [-0.05, 0) is 75.8 Å². The van der Waals surface area contributed by atoms with Gasteiger partial charge in [0.1, 0.15) is 0 Å². The topological polar surface area (TPSA) is 12.0 Å². The Bertz CT molecular complexity index is 524. The minimum Gasteiger partial charge on any atom is -0.309 e. The molecular formula is C13H13BrINS. The highest BCUT2D eigenvalue weighted by Crippen LogP contribution is 2.33. The standard InChI is InChI=1S/C13H13BrINS/c1-8-4-3-5-9(12(8)15)13(16-2)10-6-7-11(14)17-10/h3-7,13,16H,1-2H3. The zero-order valence-electron chi connectivity index (χ0n) is 9.63. The van der Waals surface area contributed by atoms with Crippen LogP contribution in [-0.4, -0.2) is 7.05 Å². The summed E-state index contributed by atoms with van der Waals surface area (Å²) in [5, 5.41) is 3.40. The molecule has 1 aromatic heterocycles. The van der Waals surface area contributed by atoms with Crippen molar-refractivity contribution >= 4 is 49.9 Å². The van der Waals surface area contributed by atoms with Crippen molar-refractivity contribution in [1.29, 1.82) is 0 Å². The average Bonchev–Trinajstić information content (AvgIpc) is 2.72. The largest absolute Gasteiger partial charge is 0.309 e. The number of hydrogen-bond donors (Lipinski definition) is 1. The van der Waals surface area contributed by atoms with E-state index in [0.29, 0.717) is 0 Å². The van der Waals surface area contributed by atoms with E-state index in [1.807, 2.05) is 7.05 Å². The molecule has 0 saturated carbocycles. The van der Waals surface area contributed by atoms with Crippen molar-refractivity contribution in [2.45, 2.75) is 13.0 Å². The van der Waals surface area contributed by atoms with Gasteiger partial charge in [-0.1, -0.05) is 18.2 Å². The van der Waals surface area contributed by atoms with Gasteiger partial charge in [0, 0.05) is 8.45 Å². The summed E-state index contributed by atoms with van der Waals surface area (Å²) in [7, 11) is 2.01. The first-order valence-corrected chi connectivity index (χ1v) is 8.00. The molecule has 17 heavy (non-hydrogen) atoms. The van der Waals surface area contributed by atoms with Gasteiger partial charge in [0.25, 0.3) is 0 Å². The molecule has 0 fully saturated rings. The molecule has 1 atom stereocenters. The first-order valence-electron chi connectivity index (χ1n) is 5.31. The summed E-state index contributed by atoms with van der Waals surface area (Å²) in [4.78, 5) is 1.34. The van der Waals surface area contributed by atoms with Crippen molar-refractivity contribution in [2.75, 3.05) is 7.05 Å². The monoisotopic (exact) mass is 421 g/mol. The van der Waals surface area contributed by atoms with Crippen LogP contribution in [0.5, 0.6) is 0 Å². The molecule has 2 aromatic rings. The molecule has 1 nitrogen and oxygen atoms in total. The fourth-order valence-electron chi connectivity index (χ4n) is 1.83. The molecule has 0 saturated heterocycles. The van der Waals surface area contributed by atoms with Gasteiger partial charge in [-0.15, -0.1) is 11.3 Å². The van der Waals surface area contributed by atoms with Gasteiger partial charge in [-0.2, -0.15) is 0 Å². The van der Waals surface area contributed by atoms with Crippen LogP contribution in [0.25, 0.3) is 0 Å². The van der Waals surface area contributed by atoms with Crippen molar-refractivity contribution in [1.82, 2.24) is 5.32 Å². The Morgan fingerprint density at radius 3 is 2.65 bits per heavy atom. The lowest BCUT2D eigenvalue weighted by atomic mass is 10.0. The van der Waals surface area contributed by atoms with Crippen LogP contribution in [0, 0.1) is 10.5 Å². The highest BCUT2D eigenvalue weighted by atomic mass is 127. The fourth-order valence-corrected chi connectivity index (χ4v) is 4.05. The second-order valence-electron chi connectivity index (χ2n) is 3.84. The van der Waals surface area contributed by atoms with Gasteiger partial charge in [0.05, 0.1) is 9.83 Å². The highest BCUT2D eigenvalue weighted by molar-refractivity contribution is 14.1. The van der Waals surface area contributed by atoms with E-state index in [4.69, 9.17) is 0 Å². The molecule has 90 valence electrons. The maximum atomic E-state index is 3.52. The van der Waals surface area contributed by atoms with E-state index in [-0.39, 0.29) is 6.04 Å². The molecule has 0 aliphatic carbocycles. The number of rotatable bonds is 3. The van der Waals surface area contributed by atoms with E-state index < -0.39 is 0 Å². The van der Waals surface area contributed by atoms with Gasteiger partial charge in [-0.25, -0.2) is 0 Å². The summed E-state index contributed by atoms with van der Waals surface area (Å²) in [6.07, 6.45) is 0. The van der Waals surface area contributed by atoms with Crippen molar-refractivity contribution in [3.8, 4) is 0 Å². The molecule has 1 unspecified atom stereocenters. The highest BCUT2D eigenvalue weighted by Gasteiger charge is 2.17. The molecule has 0 bridgehead atoms. The molecule has 1 heterocycles. The third kappa shape index (κ3) is 2.92. The first kappa shape index (κ1) is 13.5. The number of thiophene rings is 1. The molecule has 0 amide bonds. The Labute approximate surface area is 128 Å². The average molecular weight is 422 g/mol. The number of benzene rings is 1. The van der Waals surface area contributed by atoms with Gasteiger partial charge < -0.3 is 5.32 Å². The van der Waals surface area contributed by atoms with E-state index in [1.165, 1.54) is 23.4 Å². The Kier molecular flexibility index (Phi) is 4.63. The summed E-state index contributed by atoms with van der Waals surface area (Å²) in [5.41, 5.74) is 2.68. The number of hydrogen-bond acceptors (Lipinski definition) is 2. The van der Waals surface area contributed by atoms with Gasteiger partial charge in [-0.3, -0.25) is 0 Å².